The topological polar surface area (TPSA) is 67.4 Å². The Balaban J connectivity index is 2.04. The minimum absolute atomic E-state index is 0.0605. The average Bonchev–Trinajstić information content (AvgIpc) is 2.97. The summed E-state index contributed by atoms with van der Waals surface area (Å²) in [6, 6.07) is 1.61. The molecule has 5 nitrogen and oxygen atoms in total. The van der Waals surface area contributed by atoms with Crippen molar-refractivity contribution in [3.63, 3.8) is 0 Å². The van der Waals surface area contributed by atoms with Gasteiger partial charge < -0.3 is 10.1 Å². The maximum absolute atomic E-state index is 12.2. The van der Waals surface area contributed by atoms with Crippen LogP contribution >= 0.6 is 11.3 Å². The summed E-state index contributed by atoms with van der Waals surface area (Å²) in [7, 11) is -3.43. The van der Waals surface area contributed by atoms with Crippen LogP contribution in [0, 0.1) is 0 Å². The van der Waals surface area contributed by atoms with Crippen molar-refractivity contribution in [3.8, 4) is 0 Å². The Labute approximate surface area is 118 Å². The van der Waals surface area contributed by atoms with Crippen molar-refractivity contribution in [2.24, 2.45) is 0 Å². The molecule has 0 amide bonds. The highest BCUT2D eigenvalue weighted by Gasteiger charge is 2.29. The van der Waals surface area contributed by atoms with Crippen LogP contribution in [-0.4, -0.2) is 33.7 Å². The first-order chi connectivity index (χ1) is 9.03. The standard InChI is InChI=1S/C12H20N2O3S2/c1-3-13-7-10-6-11(8-18-10)19(15,16)14-12-4-5-17-9(12)2/h6,8-9,12-14H,3-5,7H2,1-2H3. The number of sulfonamides is 1. The van der Waals surface area contributed by atoms with Crippen LogP contribution in [-0.2, 0) is 21.3 Å². The third-order valence-electron chi connectivity index (χ3n) is 3.17. The lowest BCUT2D eigenvalue weighted by Crippen LogP contribution is -2.38. The molecule has 1 aromatic heterocycles. The lowest BCUT2D eigenvalue weighted by Gasteiger charge is -2.15. The quantitative estimate of drug-likeness (QED) is 0.831. The van der Waals surface area contributed by atoms with E-state index in [1.54, 1.807) is 11.4 Å². The second-order valence-corrected chi connectivity index (χ2v) is 7.33. The average molecular weight is 304 g/mol. The molecule has 1 fully saturated rings. The predicted molar refractivity (Wildman–Crippen MR) is 75.8 cm³/mol. The maximum Gasteiger partial charge on any atom is 0.241 e. The first-order valence-corrected chi connectivity index (χ1v) is 8.81. The molecule has 2 heterocycles. The normalized spacial score (nSPS) is 23.9. The zero-order valence-electron chi connectivity index (χ0n) is 11.2. The minimum atomic E-state index is -3.43. The van der Waals surface area contributed by atoms with Gasteiger partial charge in [0.05, 0.1) is 17.0 Å². The summed E-state index contributed by atoms with van der Waals surface area (Å²) < 4.78 is 32.6. The summed E-state index contributed by atoms with van der Waals surface area (Å²) in [6.45, 7) is 6.11. The van der Waals surface area contributed by atoms with E-state index >= 15 is 0 Å². The summed E-state index contributed by atoms with van der Waals surface area (Å²) in [6.07, 6.45) is 0.670. The van der Waals surface area contributed by atoms with Gasteiger partial charge in [-0.2, -0.15) is 0 Å². The number of ether oxygens (including phenoxy) is 1. The Morgan fingerprint density at radius 2 is 2.32 bits per heavy atom. The highest BCUT2D eigenvalue weighted by atomic mass is 32.2. The Morgan fingerprint density at radius 3 is 2.95 bits per heavy atom. The van der Waals surface area contributed by atoms with E-state index in [9.17, 15) is 8.42 Å². The fourth-order valence-electron chi connectivity index (χ4n) is 2.00. The molecule has 2 atom stereocenters. The monoisotopic (exact) mass is 304 g/mol. The van der Waals surface area contributed by atoms with Gasteiger partial charge in [0.15, 0.2) is 0 Å². The zero-order valence-corrected chi connectivity index (χ0v) is 12.8. The van der Waals surface area contributed by atoms with E-state index in [0.717, 1.165) is 17.8 Å². The van der Waals surface area contributed by atoms with Crippen molar-refractivity contribution in [2.75, 3.05) is 13.2 Å². The van der Waals surface area contributed by atoms with Gasteiger partial charge in [0.1, 0.15) is 0 Å². The molecule has 0 spiro atoms. The summed E-state index contributed by atoms with van der Waals surface area (Å²) in [5, 5.41) is 4.87. The van der Waals surface area contributed by atoms with Crippen LogP contribution in [0.1, 0.15) is 25.1 Å². The Kier molecular flexibility index (Phi) is 4.97. The third kappa shape index (κ3) is 3.76. The van der Waals surface area contributed by atoms with Crippen molar-refractivity contribution in [1.82, 2.24) is 10.0 Å². The Hall–Kier alpha value is -0.470. The van der Waals surface area contributed by atoms with Gasteiger partial charge in [-0.05, 0) is 26.0 Å². The van der Waals surface area contributed by atoms with E-state index in [-0.39, 0.29) is 12.1 Å². The van der Waals surface area contributed by atoms with E-state index in [0.29, 0.717) is 18.0 Å². The van der Waals surface area contributed by atoms with E-state index in [1.165, 1.54) is 11.3 Å². The summed E-state index contributed by atoms with van der Waals surface area (Å²) >= 11 is 1.46. The molecule has 108 valence electrons. The number of hydrogen-bond acceptors (Lipinski definition) is 5. The van der Waals surface area contributed by atoms with Crippen LogP contribution in [0.5, 0.6) is 0 Å². The number of rotatable bonds is 6. The van der Waals surface area contributed by atoms with Crippen molar-refractivity contribution in [2.45, 2.75) is 43.9 Å². The molecule has 0 saturated carbocycles. The summed E-state index contributed by atoms with van der Waals surface area (Å²) in [5.41, 5.74) is 0. The highest BCUT2D eigenvalue weighted by Crippen LogP contribution is 2.21. The van der Waals surface area contributed by atoms with Crippen molar-refractivity contribution < 1.29 is 13.2 Å². The number of hydrogen-bond donors (Lipinski definition) is 2. The number of nitrogens with one attached hydrogen (secondary N) is 2. The molecule has 1 aliphatic rings. The third-order valence-corrected chi connectivity index (χ3v) is 5.73. The van der Waals surface area contributed by atoms with Gasteiger partial charge in [-0.15, -0.1) is 11.3 Å². The molecule has 0 bridgehead atoms. The first kappa shape index (κ1) is 14.9. The maximum atomic E-state index is 12.2. The molecule has 1 aliphatic heterocycles. The summed E-state index contributed by atoms with van der Waals surface area (Å²) in [4.78, 5) is 1.38. The molecular formula is C12H20N2O3S2. The second-order valence-electron chi connectivity index (χ2n) is 4.62. The molecular weight excluding hydrogens is 284 g/mol. The van der Waals surface area contributed by atoms with Crippen LogP contribution in [0.15, 0.2) is 16.3 Å². The zero-order chi connectivity index (χ0) is 13.9. The van der Waals surface area contributed by atoms with Crippen molar-refractivity contribution in [3.05, 3.63) is 16.3 Å². The second kappa shape index (κ2) is 6.32. The van der Waals surface area contributed by atoms with E-state index in [4.69, 9.17) is 4.74 Å². The molecule has 1 aromatic rings. The Bertz CT molecular complexity index is 513. The molecule has 0 aliphatic carbocycles. The highest BCUT2D eigenvalue weighted by molar-refractivity contribution is 7.89. The van der Waals surface area contributed by atoms with E-state index in [2.05, 4.69) is 10.0 Å². The fourth-order valence-corrected chi connectivity index (χ4v) is 4.58. The van der Waals surface area contributed by atoms with Crippen LogP contribution in [0.25, 0.3) is 0 Å². The van der Waals surface area contributed by atoms with E-state index in [1.807, 2.05) is 13.8 Å². The molecule has 7 heteroatoms. The molecule has 0 radical (unpaired) electrons. The van der Waals surface area contributed by atoms with Crippen molar-refractivity contribution >= 4 is 21.4 Å². The van der Waals surface area contributed by atoms with Gasteiger partial charge in [-0.3, -0.25) is 0 Å². The molecule has 1 saturated heterocycles. The van der Waals surface area contributed by atoms with Gasteiger partial charge >= 0.3 is 0 Å². The Morgan fingerprint density at radius 1 is 1.53 bits per heavy atom. The van der Waals surface area contributed by atoms with E-state index < -0.39 is 10.0 Å². The molecule has 2 unspecified atom stereocenters. The van der Waals surface area contributed by atoms with Gasteiger partial charge in [0, 0.05) is 23.4 Å². The molecule has 2 rings (SSSR count). The lowest BCUT2D eigenvalue weighted by molar-refractivity contribution is 0.117. The van der Waals surface area contributed by atoms with Gasteiger partial charge in [-0.1, -0.05) is 6.92 Å². The van der Waals surface area contributed by atoms with Gasteiger partial charge in [0.25, 0.3) is 0 Å². The number of thiophene rings is 1. The van der Waals surface area contributed by atoms with Crippen LogP contribution < -0.4 is 10.0 Å². The lowest BCUT2D eigenvalue weighted by atomic mass is 10.2. The molecule has 2 N–H and O–H groups in total. The fraction of sp³-hybridized carbons (Fsp3) is 0.667. The van der Waals surface area contributed by atoms with Crippen molar-refractivity contribution in [1.29, 1.82) is 0 Å². The van der Waals surface area contributed by atoms with Gasteiger partial charge in [-0.25, -0.2) is 13.1 Å². The van der Waals surface area contributed by atoms with Crippen LogP contribution in [0.4, 0.5) is 0 Å². The predicted octanol–water partition coefficient (Wildman–Crippen LogP) is 1.31. The minimum Gasteiger partial charge on any atom is -0.377 e. The molecule has 0 aromatic carbocycles. The smallest absolute Gasteiger partial charge is 0.241 e. The summed E-state index contributed by atoms with van der Waals surface area (Å²) in [5.74, 6) is 0. The largest absolute Gasteiger partial charge is 0.377 e. The molecule has 19 heavy (non-hydrogen) atoms. The SMILES string of the molecule is CCNCc1cc(S(=O)(=O)NC2CCOC2C)cs1. The first-order valence-electron chi connectivity index (χ1n) is 6.45. The van der Waals surface area contributed by atoms with Gasteiger partial charge in [0.2, 0.25) is 10.0 Å². The van der Waals surface area contributed by atoms with Crippen LogP contribution in [0.3, 0.4) is 0 Å². The van der Waals surface area contributed by atoms with Crippen LogP contribution in [0.2, 0.25) is 0 Å².